The molecule has 2 N–H and O–H groups in total. The van der Waals surface area contributed by atoms with Crippen LogP contribution in [0.2, 0.25) is 0 Å². The van der Waals surface area contributed by atoms with E-state index in [1.807, 2.05) is 0 Å². The van der Waals surface area contributed by atoms with Crippen LogP contribution in [0.25, 0.3) is 11.2 Å². The van der Waals surface area contributed by atoms with Crippen molar-refractivity contribution >= 4 is 28.7 Å². The number of hydrogen-bond donors (Lipinski definition) is 2. The molecule has 1 saturated carbocycles. The zero-order chi connectivity index (χ0) is 23.2. The molecule has 2 amide bonds. The number of likely N-dealkylation sites (tertiary alicyclic amines) is 1. The van der Waals surface area contributed by atoms with Crippen LogP contribution >= 0.6 is 0 Å². The third-order valence-corrected chi connectivity index (χ3v) is 6.74. The van der Waals surface area contributed by atoms with Crippen molar-refractivity contribution < 1.29 is 14.5 Å². The lowest BCUT2D eigenvalue weighted by Crippen LogP contribution is -2.43. The normalized spacial score (nSPS) is 18.9. The highest BCUT2D eigenvalue weighted by molar-refractivity contribution is 5.97. The largest absolute Gasteiger partial charge is 0.350 e. The van der Waals surface area contributed by atoms with Crippen molar-refractivity contribution in [3.05, 3.63) is 51.5 Å². The first-order valence-electron chi connectivity index (χ1n) is 10.7. The smallest absolute Gasteiger partial charge is 0.288 e. The molecule has 1 atom stereocenters. The summed E-state index contributed by atoms with van der Waals surface area (Å²) in [6, 6.07) is 2.67. The van der Waals surface area contributed by atoms with Crippen molar-refractivity contribution in [2.45, 2.75) is 38.6 Å². The van der Waals surface area contributed by atoms with E-state index in [0.717, 1.165) is 31.9 Å². The van der Waals surface area contributed by atoms with Gasteiger partial charge in [-0.05, 0) is 37.7 Å². The van der Waals surface area contributed by atoms with Crippen LogP contribution in [0.4, 0.5) is 5.69 Å². The van der Waals surface area contributed by atoms with Gasteiger partial charge in [0.2, 0.25) is 5.65 Å². The second kappa shape index (κ2) is 7.87. The first-order chi connectivity index (χ1) is 15.8. The van der Waals surface area contributed by atoms with Crippen LogP contribution < -0.4 is 5.32 Å². The maximum atomic E-state index is 13.4. The summed E-state index contributed by atoms with van der Waals surface area (Å²) >= 11 is 0. The summed E-state index contributed by atoms with van der Waals surface area (Å²) < 4.78 is 0. The quantitative estimate of drug-likeness (QED) is 0.439. The fraction of sp³-hybridized carbons (Fsp3) is 0.429. The van der Waals surface area contributed by atoms with Gasteiger partial charge in [-0.3, -0.25) is 24.7 Å². The highest BCUT2D eigenvalue weighted by atomic mass is 16.6. The maximum Gasteiger partial charge on any atom is 0.288 e. The molecule has 4 heterocycles. The van der Waals surface area contributed by atoms with Crippen molar-refractivity contribution in [2.24, 2.45) is 5.41 Å². The first kappa shape index (κ1) is 20.9. The van der Waals surface area contributed by atoms with Crippen LogP contribution in [0.5, 0.6) is 0 Å². The molecule has 5 rings (SSSR count). The van der Waals surface area contributed by atoms with E-state index < -0.39 is 4.92 Å². The summed E-state index contributed by atoms with van der Waals surface area (Å²) in [6.45, 7) is 2.50. The second-order valence-corrected chi connectivity index (χ2v) is 8.83. The molecule has 3 aromatic heterocycles. The van der Waals surface area contributed by atoms with Crippen LogP contribution in [0.1, 0.15) is 52.1 Å². The van der Waals surface area contributed by atoms with Crippen molar-refractivity contribution in [1.29, 1.82) is 0 Å². The van der Waals surface area contributed by atoms with Gasteiger partial charge in [0.15, 0.2) is 0 Å². The molecule has 3 aromatic rings. The number of hydrogen-bond acceptors (Lipinski definition) is 8. The molecule has 1 spiro atoms. The van der Waals surface area contributed by atoms with Crippen molar-refractivity contribution in [2.75, 3.05) is 13.1 Å². The Labute approximate surface area is 187 Å². The van der Waals surface area contributed by atoms with Crippen molar-refractivity contribution in [3.8, 4) is 0 Å². The van der Waals surface area contributed by atoms with Gasteiger partial charge < -0.3 is 10.2 Å². The standard InChI is InChI=1S/C21H22N8O4/c1-12-16(6-14(9-22-12)29(32)33)20(31)28-11-21(3-2-4-21)7-15(28)10-24-19(30)13-5-17-18(23-8-13)26-27-25-17/h5-6,8-9,15H,2-4,7,10-11H2,1H3,(H,24,30)(H,23,25,26,27). The van der Waals surface area contributed by atoms with E-state index in [1.165, 1.54) is 12.3 Å². The number of carbonyl (C=O) groups is 2. The fourth-order valence-corrected chi connectivity index (χ4v) is 4.79. The number of fused-ring (bicyclic) bond motifs is 1. The molecule has 1 aliphatic heterocycles. The van der Waals surface area contributed by atoms with Gasteiger partial charge >= 0.3 is 0 Å². The molecule has 33 heavy (non-hydrogen) atoms. The Hall–Kier alpha value is -3.96. The van der Waals surface area contributed by atoms with Gasteiger partial charge in [0.05, 0.1) is 21.7 Å². The van der Waals surface area contributed by atoms with Gasteiger partial charge in [0, 0.05) is 31.4 Å². The second-order valence-electron chi connectivity index (χ2n) is 8.83. The van der Waals surface area contributed by atoms with Crippen LogP contribution in [-0.4, -0.2) is 66.1 Å². The number of amides is 2. The Bertz CT molecular complexity index is 1270. The molecule has 1 saturated heterocycles. The molecule has 0 radical (unpaired) electrons. The molecule has 2 aliphatic rings. The molecule has 0 bridgehead atoms. The number of H-pyrrole nitrogens is 1. The van der Waals surface area contributed by atoms with Crippen LogP contribution in [0.15, 0.2) is 24.5 Å². The van der Waals surface area contributed by atoms with Crippen LogP contribution in [0.3, 0.4) is 0 Å². The topological polar surface area (TPSA) is 160 Å². The minimum atomic E-state index is -0.557. The van der Waals surface area contributed by atoms with E-state index in [-0.39, 0.29) is 41.1 Å². The van der Waals surface area contributed by atoms with E-state index in [1.54, 1.807) is 17.9 Å². The highest BCUT2D eigenvalue weighted by Gasteiger charge is 2.49. The van der Waals surface area contributed by atoms with Gasteiger partial charge in [0.25, 0.3) is 17.5 Å². The summed E-state index contributed by atoms with van der Waals surface area (Å²) in [5.41, 5.74) is 1.75. The predicted molar refractivity (Wildman–Crippen MR) is 115 cm³/mol. The summed E-state index contributed by atoms with van der Waals surface area (Å²) in [4.78, 5) is 46.7. The van der Waals surface area contributed by atoms with Crippen LogP contribution in [-0.2, 0) is 0 Å². The average Bonchev–Trinajstić information content (AvgIpc) is 3.41. The fourth-order valence-electron chi connectivity index (χ4n) is 4.79. The van der Waals surface area contributed by atoms with E-state index in [0.29, 0.717) is 29.0 Å². The highest BCUT2D eigenvalue weighted by Crippen LogP contribution is 2.50. The Kier molecular flexibility index (Phi) is 4.99. The molecule has 12 nitrogen and oxygen atoms in total. The molecule has 0 aromatic carbocycles. The number of aromatic nitrogens is 5. The Morgan fingerprint density at radius 2 is 2.09 bits per heavy atom. The number of rotatable bonds is 5. The van der Waals surface area contributed by atoms with E-state index in [9.17, 15) is 19.7 Å². The van der Waals surface area contributed by atoms with Crippen LogP contribution in [0, 0.1) is 22.5 Å². The number of carbonyl (C=O) groups excluding carboxylic acids is 2. The lowest BCUT2D eigenvalue weighted by molar-refractivity contribution is -0.385. The van der Waals surface area contributed by atoms with Gasteiger partial charge in [-0.15, -0.1) is 5.10 Å². The van der Waals surface area contributed by atoms with Gasteiger partial charge in [0.1, 0.15) is 11.7 Å². The third kappa shape index (κ3) is 3.77. The molecular weight excluding hydrogens is 428 g/mol. The number of nitrogens with one attached hydrogen (secondary N) is 2. The van der Waals surface area contributed by atoms with Gasteiger partial charge in [-0.2, -0.15) is 10.3 Å². The number of nitro groups is 1. The molecule has 12 heteroatoms. The number of aromatic amines is 1. The maximum absolute atomic E-state index is 13.4. The average molecular weight is 450 g/mol. The van der Waals surface area contributed by atoms with Crippen molar-refractivity contribution in [1.82, 2.24) is 35.6 Å². The lowest BCUT2D eigenvalue weighted by atomic mass is 9.67. The summed E-state index contributed by atoms with van der Waals surface area (Å²) in [7, 11) is 0. The molecule has 1 unspecified atom stereocenters. The third-order valence-electron chi connectivity index (χ3n) is 6.74. The predicted octanol–water partition coefficient (Wildman–Crippen LogP) is 1.78. The van der Waals surface area contributed by atoms with Gasteiger partial charge in [-0.25, -0.2) is 4.98 Å². The Morgan fingerprint density at radius 3 is 2.82 bits per heavy atom. The Balaban J connectivity index is 1.35. The molecular formula is C21H22N8O4. The summed E-state index contributed by atoms with van der Waals surface area (Å²) in [5, 5.41) is 24.4. The number of aryl methyl sites for hydroxylation is 1. The van der Waals surface area contributed by atoms with E-state index in [2.05, 4.69) is 30.7 Å². The number of pyridine rings is 2. The summed E-state index contributed by atoms with van der Waals surface area (Å²) in [6.07, 6.45) is 6.54. The molecule has 1 aliphatic carbocycles. The van der Waals surface area contributed by atoms with E-state index in [4.69, 9.17) is 0 Å². The summed E-state index contributed by atoms with van der Waals surface area (Å²) in [5.74, 6) is -0.611. The number of nitrogens with zero attached hydrogens (tertiary/aromatic N) is 6. The lowest BCUT2D eigenvalue weighted by Gasteiger charge is -2.37. The zero-order valence-electron chi connectivity index (χ0n) is 17.9. The monoisotopic (exact) mass is 450 g/mol. The zero-order valence-corrected chi connectivity index (χ0v) is 17.9. The first-order valence-corrected chi connectivity index (χ1v) is 10.7. The SMILES string of the molecule is Cc1ncc([N+](=O)[O-])cc1C(=O)N1CC2(CCC2)CC1CNC(=O)c1cnc2n[nH]nc2c1. The van der Waals surface area contributed by atoms with Gasteiger partial charge in [-0.1, -0.05) is 6.42 Å². The minimum absolute atomic E-state index is 0.0499. The Morgan fingerprint density at radius 1 is 1.27 bits per heavy atom. The van der Waals surface area contributed by atoms with Crippen molar-refractivity contribution in [3.63, 3.8) is 0 Å². The van der Waals surface area contributed by atoms with E-state index >= 15 is 0 Å². The molecule has 170 valence electrons. The minimum Gasteiger partial charge on any atom is -0.350 e. The molecule has 2 fully saturated rings.